The molecule has 29 heavy (non-hydrogen) atoms. The molecule has 2 N–H and O–H groups in total. The van der Waals surface area contributed by atoms with E-state index < -0.39 is 20.0 Å². The molecule has 1 aliphatic heterocycles. The average Bonchev–Trinajstić information content (AvgIpc) is 3.02. The number of carbonyl (C=O) groups is 1. The van der Waals surface area contributed by atoms with Crippen LogP contribution in [0.1, 0.15) is 30.1 Å². The normalized spacial score (nSPS) is 15.8. The molecular weight excluding hydrogens is 414 g/mol. The lowest BCUT2D eigenvalue weighted by Gasteiger charge is -2.17. The first-order valence-electron chi connectivity index (χ1n) is 9.22. The van der Waals surface area contributed by atoms with Crippen LogP contribution >= 0.6 is 0 Å². The van der Waals surface area contributed by atoms with Gasteiger partial charge in [-0.3, -0.25) is 13.8 Å². The van der Waals surface area contributed by atoms with Gasteiger partial charge in [0, 0.05) is 23.5 Å². The monoisotopic (exact) mass is 437 g/mol. The maximum atomic E-state index is 12.4. The van der Waals surface area contributed by atoms with E-state index in [-0.39, 0.29) is 17.4 Å². The fourth-order valence-corrected chi connectivity index (χ4v) is 5.73. The van der Waals surface area contributed by atoms with Crippen molar-refractivity contribution >= 4 is 43.0 Å². The summed E-state index contributed by atoms with van der Waals surface area (Å²) in [6.45, 7) is 2.23. The van der Waals surface area contributed by atoms with Crippen LogP contribution < -0.4 is 14.3 Å². The van der Waals surface area contributed by atoms with E-state index in [0.29, 0.717) is 42.0 Å². The minimum absolute atomic E-state index is 0.0419. The van der Waals surface area contributed by atoms with Gasteiger partial charge in [-0.25, -0.2) is 16.8 Å². The summed E-state index contributed by atoms with van der Waals surface area (Å²) in [5.74, 6) is -0.166. The third-order valence-corrected chi connectivity index (χ3v) is 7.77. The first-order chi connectivity index (χ1) is 13.7. The zero-order chi connectivity index (χ0) is 21.1. The topological polar surface area (TPSA) is 113 Å². The molecule has 0 aliphatic carbocycles. The Hall–Kier alpha value is -2.59. The Morgan fingerprint density at radius 3 is 2.21 bits per heavy atom. The van der Waals surface area contributed by atoms with E-state index in [2.05, 4.69) is 10.0 Å². The minimum Gasteiger partial charge on any atom is -0.322 e. The quantitative estimate of drug-likeness (QED) is 0.691. The van der Waals surface area contributed by atoms with Gasteiger partial charge in [0.25, 0.3) is 5.91 Å². The van der Waals surface area contributed by atoms with Crippen molar-refractivity contribution in [3.8, 4) is 0 Å². The number of anilines is 3. The molecular formula is C19H23N3O5S2. The molecule has 0 radical (unpaired) electrons. The lowest BCUT2D eigenvalue weighted by atomic mass is 10.2. The SMILES string of the molecule is CCCS(=O)(=O)Nc1ccc(NC(=O)c2ccc(N3CCCS3(=O)=O)cc2)cc1. The number of amides is 1. The summed E-state index contributed by atoms with van der Waals surface area (Å²) in [5.41, 5.74) is 1.87. The second-order valence-electron chi connectivity index (χ2n) is 6.74. The molecule has 1 fully saturated rings. The van der Waals surface area contributed by atoms with Crippen molar-refractivity contribution in [2.24, 2.45) is 0 Å². The molecule has 156 valence electrons. The number of hydrogen-bond acceptors (Lipinski definition) is 5. The van der Waals surface area contributed by atoms with Gasteiger partial charge in [0.2, 0.25) is 20.0 Å². The maximum Gasteiger partial charge on any atom is 0.255 e. The van der Waals surface area contributed by atoms with Gasteiger partial charge in [-0.15, -0.1) is 0 Å². The molecule has 0 atom stereocenters. The van der Waals surface area contributed by atoms with E-state index in [1.165, 1.54) is 4.31 Å². The Balaban J connectivity index is 1.64. The Kier molecular flexibility index (Phi) is 6.13. The Labute approximate surface area is 171 Å². The molecule has 3 rings (SSSR count). The largest absolute Gasteiger partial charge is 0.322 e. The molecule has 0 saturated carbocycles. The molecule has 2 aromatic rings. The van der Waals surface area contributed by atoms with Gasteiger partial charge in [0.15, 0.2) is 0 Å². The second-order valence-corrected chi connectivity index (χ2v) is 10.6. The molecule has 1 heterocycles. The van der Waals surface area contributed by atoms with E-state index in [4.69, 9.17) is 0 Å². The number of nitrogens with zero attached hydrogens (tertiary/aromatic N) is 1. The van der Waals surface area contributed by atoms with Gasteiger partial charge < -0.3 is 5.32 Å². The van der Waals surface area contributed by atoms with Crippen LogP contribution in [0.3, 0.4) is 0 Å². The zero-order valence-electron chi connectivity index (χ0n) is 16.0. The van der Waals surface area contributed by atoms with Crippen LogP contribution in [0.25, 0.3) is 0 Å². The average molecular weight is 438 g/mol. The van der Waals surface area contributed by atoms with Crippen molar-refractivity contribution < 1.29 is 21.6 Å². The summed E-state index contributed by atoms with van der Waals surface area (Å²) in [4.78, 5) is 12.4. The van der Waals surface area contributed by atoms with Crippen LogP contribution in [0, 0.1) is 0 Å². The third-order valence-electron chi connectivity index (χ3n) is 4.41. The molecule has 2 aromatic carbocycles. The molecule has 1 aliphatic rings. The highest BCUT2D eigenvalue weighted by Crippen LogP contribution is 2.24. The molecule has 0 spiro atoms. The highest BCUT2D eigenvalue weighted by molar-refractivity contribution is 7.93. The zero-order valence-corrected chi connectivity index (χ0v) is 17.6. The van der Waals surface area contributed by atoms with Crippen molar-refractivity contribution in [3.05, 3.63) is 54.1 Å². The maximum absolute atomic E-state index is 12.4. The van der Waals surface area contributed by atoms with E-state index in [9.17, 15) is 21.6 Å². The van der Waals surface area contributed by atoms with E-state index >= 15 is 0 Å². The first-order valence-corrected chi connectivity index (χ1v) is 12.5. The number of sulfonamides is 2. The van der Waals surface area contributed by atoms with E-state index in [0.717, 1.165) is 0 Å². The summed E-state index contributed by atoms with van der Waals surface area (Å²) in [5, 5.41) is 2.73. The summed E-state index contributed by atoms with van der Waals surface area (Å²) in [6.07, 6.45) is 1.11. The fraction of sp³-hybridized carbons (Fsp3) is 0.316. The van der Waals surface area contributed by atoms with Gasteiger partial charge in [-0.1, -0.05) is 6.92 Å². The summed E-state index contributed by atoms with van der Waals surface area (Å²) >= 11 is 0. The Bertz CT molecular complexity index is 1080. The van der Waals surface area contributed by atoms with Crippen molar-refractivity contribution in [3.63, 3.8) is 0 Å². The van der Waals surface area contributed by atoms with Gasteiger partial charge in [0.05, 0.1) is 17.2 Å². The number of benzene rings is 2. The highest BCUT2D eigenvalue weighted by Gasteiger charge is 2.28. The lowest BCUT2D eigenvalue weighted by Crippen LogP contribution is -2.25. The third kappa shape index (κ3) is 5.27. The number of nitrogens with one attached hydrogen (secondary N) is 2. The molecule has 0 aromatic heterocycles. The van der Waals surface area contributed by atoms with Gasteiger partial charge in [0.1, 0.15) is 0 Å². The lowest BCUT2D eigenvalue weighted by molar-refractivity contribution is 0.102. The van der Waals surface area contributed by atoms with Crippen molar-refractivity contribution in [1.82, 2.24) is 0 Å². The highest BCUT2D eigenvalue weighted by atomic mass is 32.2. The van der Waals surface area contributed by atoms with Crippen molar-refractivity contribution in [2.75, 3.05) is 32.4 Å². The molecule has 0 unspecified atom stereocenters. The van der Waals surface area contributed by atoms with Crippen LogP contribution in [-0.2, 0) is 20.0 Å². The van der Waals surface area contributed by atoms with Crippen LogP contribution in [0.5, 0.6) is 0 Å². The molecule has 1 amide bonds. The summed E-state index contributed by atoms with van der Waals surface area (Å²) in [6, 6.07) is 12.7. The van der Waals surface area contributed by atoms with Crippen LogP contribution in [0.2, 0.25) is 0 Å². The van der Waals surface area contributed by atoms with Crippen LogP contribution in [0.15, 0.2) is 48.5 Å². The Morgan fingerprint density at radius 2 is 1.66 bits per heavy atom. The molecule has 10 heteroatoms. The molecule has 0 bridgehead atoms. The van der Waals surface area contributed by atoms with Crippen molar-refractivity contribution in [2.45, 2.75) is 19.8 Å². The molecule has 8 nitrogen and oxygen atoms in total. The summed E-state index contributed by atoms with van der Waals surface area (Å²) < 4.78 is 51.4. The predicted octanol–water partition coefficient (Wildman–Crippen LogP) is 2.63. The first kappa shape index (κ1) is 21.1. The number of rotatable bonds is 7. The van der Waals surface area contributed by atoms with Crippen LogP contribution in [-0.4, -0.2) is 40.8 Å². The summed E-state index contributed by atoms with van der Waals surface area (Å²) in [7, 11) is -6.63. The predicted molar refractivity (Wildman–Crippen MR) is 114 cm³/mol. The Morgan fingerprint density at radius 1 is 1.03 bits per heavy atom. The van der Waals surface area contributed by atoms with Crippen LogP contribution in [0.4, 0.5) is 17.1 Å². The number of carbonyl (C=O) groups excluding carboxylic acids is 1. The van der Waals surface area contributed by atoms with Gasteiger partial charge in [-0.05, 0) is 61.4 Å². The molecule has 1 saturated heterocycles. The van der Waals surface area contributed by atoms with Gasteiger partial charge in [-0.2, -0.15) is 0 Å². The van der Waals surface area contributed by atoms with Gasteiger partial charge >= 0.3 is 0 Å². The van der Waals surface area contributed by atoms with Crippen molar-refractivity contribution in [1.29, 1.82) is 0 Å². The van der Waals surface area contributed by atoms with E-state index in [1.54, 1.807) is 55.5 Å². The minimum atomic E-state index is -3.37. The fourth-order valence-electron chi connectivity index (χ4n) is 3.03. The smallest absolute Gasteiger partial charge is 0.255 e. The van der Waals surface area contributed by atoms with E-state index in [1.807, 2.05) is 0 Å². The number of hydrogen-bond donors (Lipinski definition) is 2. The standard InChI is InChI=1S/C19H23N3O5S2/c1-2-13-28(24,25)21-17-8-6-16(7-9-17)20-19(23)15-4-10-18(11-5-15)22-12-3-14-29(22,26)27/h4-11,21H,2-3,12-14H2,1H3,(H,20,23). The second kappa shape index (κ2) is 8.42.